The van der Waals surface area contributed by atoms with E-state index in [9.17, 15) is 4.79 Å². The SMILES string of the molecule is CN(C)c1ccccc1NC(=O)c1cc(-c2ccco2)[nH]n1. The zero-order valence-corrected chi connectivity index (χ0v) is 12.3. The van der Waals surface area contributed by atoms with Crippen LogP contribution in [0.1, 0.15) is 10.5 Å². The van der Waals surface area contributed by atoms with Crippen molar-refractivity contribution in [1.29, 1.82) is 0 Å². The number of rotatable bonds is 4. The van der Waals surface area contributed by atoms with Crippen molar-refractivity contribution in [1.82, 2.24) is 10.2 Å². The second-order valence-electron chi connectivity index (χ2n) is 5.01. The van der Waals surface area contributed by atoms with Gasteiger partial charge in [0.2, 0.25) is 0 Å². The van der Waals surface area contributed by atoms with Gasteiger partial charge in [0.05, 0.1) is 17.6 Å². The molecule has 0 atom stereocenters. The molecule has 0 fully saturated rings. The van der Waals surface area contributed by atoms with E-state index in [-0.39, 0.29) is 5.91 Å². The number of hydrogen-bond donors (Lipinski definition) is 2. The number of aromatic amines is 1. The summed E-state index contributed by atoms with van der Waals surface area (Å²) in [4.78, 5) is 14.3. The van der Waals surface area contributed by atoms with Crippen molar-refractivity contribution < 1.29 is 9.21 Å². The van der Waals surface area contributed by atoms with Crippen molar-refractivity contribution >= 4 is 17.3 Å². The molecule has 0 unspecified atom stereocenters. The minimum absolute atomic E-state index is 0.275. The van der Waals surface area contributed by atoms with E-state index in [2.05, 4.69) is 15.5 Å². The Labute approximate surface area is 127 Å². The van der Waals surface area contributed by atoms with Crippen molar-refractivity contribution in [2.24, 2.45) is 0 Å². The highest BCUT2D eigenvalue weighted by Crippen LogP contribution is 2.24. The Kier molecular flexibility index (Phi) is 3.65. The maximum Gasteiger partial charge on any atom is 0.276 e. The van der Waals surface area contributed by atoms with Gasteiger partial charge in [-0.3, -0.25) is 9.89 Å². The molecule has 112 valence electrons. The molecule has 1 amide bonds. The van der Waals surface area contributed by atoms with Gasteiger partial charge in [-0.15, -0.1) is 0 Å². The van der Waals surface area contributed by atoms with Gasteiger partial charge in [0.25, 0.3) is 5.91 Å². The number of H-pyrrole nitrogens is 1. The Balaban J connectivity index is 1.81. The highest BCUT2D eigenvalue weighted by molar-refractivity contribution is 6.05. The number of anilines is 2. The summed E-state index contributed by atoms with van der Waals surface area (Å²) in [6.45, 7) is 0. The predicted molar refractivity (Wildman–Crippen MR) is 85.0 cm³/mol. The molecular formula is C16H16N4O2. The molecule has 0 radical (unpaired) electrons. The van der Waals surface area contributed by atoms with E-state index in [0.29, 0.717) is 17.1 Å². The standard InChI is InChI=1S/C16H16N4O2/c1-20(2)14-7-4-3-6-11(14)17-16(21)13-10-12(18-19-13)15-8-5-9-22-15/h3-10H,1-2H3,(H,17,21)(H,18,19). The maximum atomic E-state index is 12.3. The van der Waals surface area contributed by atoms with E-state index in [1.807, 2.05) is 43.3 Å². The minimum Gasteiger partial charge on any atom is -0.463 e. The quantitative estimate of drug-likeness (QED) is 0.776. The Hall–Kier alpha value is -3.02. The van der Waals surface area contributed by atoms with E-state index in [1.165, 1.54) is 0 Å². The van der Waals surface area contributed by atoms with Gasteiger partial charge in [-0.2, -0.15) is 5.10 Å². The molecule has 0 aliphatic carbocycles. The minimum atomic E-state index is -0.275. The number of amides is 1. The monoisotopic (exact) mass is 296 g/mol. The summed E-state index contributed by atoms with van der Waals surface area (Å²) in [6, 6.07) is 12.8. The summed E-state index contributed by atoms with van der Waals surface area (Å²) < 4.78 is 5.27. The molecule has 2 heterocycles. The molecule has 0 aliphatic heterocycles. The first-order valence-corrected chi connectivity index (χ1v) is 6.82. The predicted octanol–water partition coefficient (Wildman–Crippen LogP) is 2.99. The lowest BCUT2D eigenvalue weighted by Gasteiger charge is -2.17. The summed E-state index contributed by atoms with van der Waals surface area (Å²) >= 11 is 0. The fourth-order valence-corrected chi connectivity index (χ4v) is 2.15. The van der Waals surface area contributed by atoms with Crippen LogP contribution in [0, 0.1) is 0 Å². The second kappa shape index (κ2) is 5.77. The van der Waals surface area contributed by atoms with Crippen molar-refractivity contribution in [2.75, 3.05) is 24.3 Å². The first kappa shape index (κ1) is 13.9. The van der Waals surface area contributed by atoms with Crippen molar-refractivity contribution in [2.45, 2.75) is 0 Å². The molecule has 0 bridgehead atoms. The Morgan fingerprint density at radius 1 is 1.23 bits per heavy atom. The van der Waals surface area contributed by atoms with Crippen LogP contribution in [0.25, 0.3) is 11.5 Å². The van der Waals surface area contributed by atoms with Crippen LogP contribution in [0.2, 0.25) is 0 Å². The van der Waals surface area contributed by atoms with Gasteiger partial charge >= 0.3 is 0 Å². The number of hydrogen-bond acceptors (Lipinski definition) is 4. The number of nitrogens with one attached hydrogen (secondary N) is 2. The van der Waals surface area contributed by atoms with Crippen LogP contribution in [0.3, 0.4) is 0 Å². The third kappa shape index (κ3) is 2.71. The number of carbonyl (C=O) groups excluding carboxylic acids is 1. The number of benzene rings is 1. The van der Waals surface area contributed by atoms with Gasteiger partial charge in [-0.25, -0.2) is 0 Å². The van der Waals surface area contributed by atoms with Gasteiger partial charge < -0.3 is 14.6 Å². The fraction of sp³-hybridized carbons (Fsp3) is 0.125. The Bertz CT molecular complexity index is 775. The molecule has 1 aromatic carbocycles. The highest BCUT2D eigenvalue weighted by atomic mass is 16.3. The van der Waals surface area contributed by atoms with Crippen LogP contribution < -0.4 is 10.2 Å². The molecule has 0 aliphatic rings. The Morgan fingerprint density at radius 2 is 2.05 bits per heavy atom. The van der Waals surface area contributed by atoms with Gasteiger partial charge in [0.1, 0.15) is 5.69 Å². The molecular weight excluding hydrogens is 280 g/mol. The number of nitrogens with zero attached hydrogens (tertiary/aromatic N) is 2. The molecule has 0 saturated carbocycles. The molecule has 6 heteroatoms. The van der Waals surface area contributed by atoms with Crippen LogP contribution in [0.5, 0.6) is 0 Å². The van der Waals surface area contributed by atoms with E-state index in [4.69, 9.17) is 4.42 Å². The lowest BCUT2D eigenvalue weighted by molar-refractivity contribution is 0.102. The van der Waals surface area contributed by atoms with Gasteiger partial charge in [0, 0.05) is 20.2 Å². The lowest BCUT2D eigenvalue weighted by Crippen LogP contribution is -2.16. The number of furan rings is 1. The molecule has 0 saturated heterocycles. The average Bonchev–Trinajstić information content (AvgIpc) is 3.18. The summed E-state index contributed by atoms with van der Waals surface area (Å²) in [5, 5.41) is 9.70. The largest absolute Gasteiger partial charge is 0.463 e. The summed E-state index contributed by atoms with van der Waals surface area (Å²) in [7, 11) is 3.85. The van der Waals surface area contributed by atoms with Crippen LogP contribution in [-0.4, -0.2) is 30.2 Å². The third-order valence-electron chi connectivity index (χ3n) is 3.23. The molecule has 0 spiro atoms. The summed E-state index contributed by atoms with van der Waals surface area (Å²) in [6.07, 6.45) is 1.57. The molecule has 6 nitrogen and oxygen atoms in total. The topological polar surface area (TPSA) is 74.2 Å². The van der Waals surface area contributed by atoms with E-state index in [1.54, 1.807) is 24.5 Å². The van der Waals surface area contributed by atoms with Gasteiger partial charge in [0.15, 0.2) is 11.5 Å². The van der Waals surface area contributed by atoms with Gasteiger partial charge in [-0.1, -0.05) is 12.1 Å². The fourth-order valence-electron chi connectivity index (χ4n) is 2.15. The first-order chi connectivity index (χ1) is 10.6. The molecule has 3 rings (SSSR count). The second-order valence-corrected chi connectivity index (χ2v) is 5.01. The van der Waals surface area contributed by atoms with Crippen LogP contribution in [0.4, 0.5) is 11.4 Å². The summed E-state index contributed by atoms with van der Waals surface area (Å²) in [5.41, 5.74) is 2.63. The first-order valence-electron chi connectivity index (χ1n) is 6.82. The highest BCUT2D eigenvalue weighted by Gasteiger charge is 2.14. The third-order valence-corrected chi connectivity index (χ3v) is 3.23. The molecule has 2 aromatic heterocycles. The zero-order valence-electron chi connectivity index (χ0n) is 12.3. The molecule has 3 aromatic rings. The van der Waals surface area contributed by atoms with Crippen molar-refractivity contribution in [3.63, 3.8) is 0 Å². The van der Waals surface area contributed by atoms with Crippen LogP contribution in [-0.2, 0) is 0 Å². The zero-order chi connectivity index (χ0) is 15.5. The van der Waals surface area contributed by atoms with Crippen molar-refractivity contribution in [3.05, 3.63) is 54.4 Å². The van der Waals surface area contributed by atoms with E-state index >= 15 is 0 Å². The van der Waals surface area contributed by atoms with Crippen LogP contribution >= 0.6 is 0 Å². The van der Waals surface area contributed by atoms with E-state index < -0.39 is 0 Å². The number of carbonyl (C=O) groups is 1. The average molecular weight is 296 g/mol. The van der Waals surface area contributed by atoms with Crippen molar-refractivity contribution in [3.8, 4) is 11.5 Å². The lowest BCUT2D eigenvalue weighted by atomic mass is 10.2. The maximum absolute atomic E-state index is 12.3. The Morgan fingerprint density at radius 3 is 2.77 bits per heavy atom. The van der Waals surface area contributed by atoms with Crippen LogP contribution in [0.15, 0.2) is 53.1 Å². The number of para-hydroxylation sites is 2. The van der Waals surface area contributed by atoms with E-state index in [0.717, 1.165) is 11.4 Å². The smallest absolute Gasteiger partial charge is 0.276 e. The molecule has 22 heavy (non-hydrogen) atoms. The normalized spacial score (nSPS) is 10.5. The molecule has 2 N–H and O–H groups in total. The number of aromatic nitrogens is 2. The summed E-state index contributed by atoms with van der Waals surface area (Å²) in [5.74, 6) is 0.364. The van der Waals surface area contributed by atoms with Gasteiger partial charge in [-0.05, 0) is 24.3 Å².